The summed E-state index contributed by atoms with van der Waals surface area (Å²) in [6.45, 7) is 4.26. The summed E-state index contributed by atoms with van der Waals surface area (Å²) < 4.78 is 0. The number of carbonyl (C=O) groups is 2. The number of carboxylic acid groups (broad SMARTS) is 1. The van der Waals surface area contributed by atoms with E-state index in [4.69, 9.17) is 22.3 Å². The molecule has 0 aliphatic heterocycles. The minimum atomic E-state index is -1.08. The molecule has 0 aromatic carbocycles. The smallest absolute Gasteiger partial charge is 0.326 e. The zero-order valence-electron chi connectivity index (χ0n) is 12.1. The lowest BCUT2D eigenvalue weighted by Gasteiger charge is -2.21. The molecule has 3 atom stereocenters. The molecule has 0 saturated carbocycles. The van der Waals surface area contributed by atoms with E-state index in [1.165, 1.54) is 0 Å². The molecule has 0 spiro atoms. The summed E-state index contributed by atoms with van der Waals surface area (Å²) in [7, 11) is 0. The number of nitrogens with two attached hydrogens (primary N) is 3. The fourth-order valence-corrected chi connectivity index (χ4v) is 1.61. The Morgan fingerprint density at radius 1 is 1.25 bits per heavy atom. The van der Waals surface area contributed by atoms with Gasteiger partial charge in [0.25, 0.3) is 0 Å². The van der Waals surface area contributed by atoms with Gasteiger partial charge in [0, 0.05) is 0 Å². The Labute approximate surface area is 119 Å². The van der Waals surface area contributed by atoms with Crippen LogP contribution in [0.15, 0.2) is 0 Å². The van der Waals surface area contributed by atoms with E-state index in [0.717, 1.165) is 6.42 Å². The Hall–Kier alpha value is -1.22. The molecule has 0 unspecified atom stereocenters. The molecule has 20 heavy (non-hydrogen) atoms. The standard InChI is InChI=1S/C12H27N5O3/c1-3-7(2)9(13)10(18)17-8(11(19)20)5-4-6-16-12(14)15/h7-9,12,16H,3-6,13-15H2,1-2H3,(H,17,18)(H,19,20)/t7-,8+,9+/m1/s1. The molecule has 0 aromatic rings. The molecule has 0 aliphatic carbocycles. The summed E-state index contributed by atoms with van der Waals surface area (Å²) in [6, 6.07) is -1.65. The van der Waals surface area contributed by atoms with Crippen LogP contribution in [0.3, 0.4) is 0 Å². The van der Waals surface area contributed by atoms with E-state index in [9.17, 15) is 9.59 Å². The third-order valence-corrected chi connectivity index (χ3v) is 3.22. The maximum absolute atomic E-state index is 11.8. The van der Waals surface area contributed by atoms with Gasteiger partial charge in [0.1, 0.15) is 12.3 Å². The Morgan fingerprint density at radius 3 is 2.30 bits per heavy atom. The number of carboxylic acids is 1. The largest absolute Gasteiger partial charge is 0.480 e. The molecule has 0 radical (unpaired) electrons. The Kier molecular flexibility index (Phi) is 9.06. The quantitative estimate of drug-likeness (QED) is 0.211. The molecular weight excluding hydrogens is 262 g/mol. The van der Waals surface area contributed by atoms with Crippen molar-refractivity contribution in [2.75, 3.05) is 6.54 Å². The molecule has 9 N–H and O–H groups in total. The molecule has 1 amide bonds. The molecule has 118 valence electrons. The van der Waals surface area contributed by atoms with Gasteiger partial charge in [0.05, 0.1) is 6.04 Å². The average molecular weight is 289 g/mol. The van der Waals surface area contributed by atoms with Crippen LogP contribution in [0.5, 0.6) is 0 Å². The minimum Gasteiger partial charge on any atom is -0.480 e. The van der Waals surface area contributed by atoms with Crippen molar-refractivity contribution in [3.63, 3.8) is 0 Å². The molecule has 0 bridgehead atoms. The molecule has 8 heteroatoms. The van der Waals surface area contributed by atoms with Crippen LogP contribution in [0, 0.1) is 5.92 Å². The van der Waals surface area contributed by atoms with Gasteiger partial charge in [0.15, 0.2) is 0 Å². The number of amides is 1. The van der Waals surface area contributed by atoms with Crippen LogP contribution in [0.2, 0.25) is 0 Å². The van der Waals surface area contributed by atoms with Gasteiger partial charge >= 0.3 is 5.97 Å². The Morgan fingerprint density at radius 2 is 1.85 bits per heavy atom. The fraction of sp³-hybridized carbons (Fsp3) is 0.833. The van der Waals surface area contributed by atoms with Crippen LogP contribution >= 0.6 is 0 Å². The highest BCUT2D eigenvalue weighted by molar-refractivity contribution is 5.86. The SMILES string of the molecule is CC[C@@H](C)[C@H](N)C(=O)N[C@@H](CCCNC(N)N)C(=O)O. The molecule has 8 nitrogen and oxygen atoms in total. The van der Waals surface area contributed by atoms with E-state index in [0.29, 0.717) is 13.0 Å². The van der Waals surface area contributed by atoms with E-state index in [-0.39, 0.29) is 12.3 Å². The lowest BCUT2D eigenvalue weighted by atomic mass is 9.99. The van der Waals surface area contributed by atoms with Crippen LogP contribution in [-0.2, 0) is 9.59 Å². The van der Waals surface area contributed by atoms with Crippen molar-refractivity contribution >= 4 is 11.9 Å². The van der Waals surface area contributed by atoms with Crippen LogP contribution in [-0.4, -0.2) is 41.9 Å². The number of hydrogen-bond acceptors (Lipinski definition) is 6. The van der Waals surface area contributed by atoms with Gasteiger partial charge in [-0.1, -0.05) is 20.3 Å². The van der Waals surface area contributed by atoms with Crippen LogP contribution in [0.25, 0.3) is 0 Å². The van der Waals surface area contributed by atoms with Crippen molar-refractivity contribution in [3.05, 3.63) is 0 Å². The number of nitrogens with one attached hydrogen (secondary N) is 2. The van der Waals surface area contributed by atoms with E-state index in [2.05, 4.69) is 10.6 Å². The van der Waals surface area contributed by atoms with Crippen molar-refractivity contribution in [3.8, 4) is 0 Å². The fourth-order valence-electron chi connectivity index (χ4n) is 1.61. The number of aliphatic carboxylic acids is 1. The lowest BCUT2D eigenvalue weighted by Crippen LogP contribution is -2.51. The summed E-state index contributed by atoms with van der Waals surface area (Å²) >= 11 is 0. The van der Waals surface area contributed by atoms with Gasteiger partial charge < -0.3 is 27.6 Å². The first-order chi connectivity index (χ1) is 9.29. The van der Waals surface area contributed by atoms with Gasteiger partial charge in [-0.2, -0.15) is 0 Å². The second kappa shape index (κ2) is 9.65. The third kappa shape index (κ3) is 7.39. The summed E-state index contributed by atoms with van der Waals surface area (Å²) in [4.78, 5) is 22.9. The topological polar surface area (TPSA) is 156 Å². The predicted molar refractivity (Wildman–Crippen MR) is 76.4 cm³/mol. The van der Waals surface area contributed by atoms with Crippen molar-refractivity contribution in [1.82, 2.24) is 10.6 Å². The van der Waals surface area contributed by atoms with Gasteiger partial charge in [0.2, 0.25) is 5.91 Å². The predicted octanol–water partition coefficient (Wildman–Crippen LogP) is -1.50. The van der Waals surface area contributed by atoms with Gasteiger partial charge in [-0.3, -0.25) is 10.1 Å². The normalized spacial score (nSPS) is 15.7. The highest BCUT2D eigenvalue weighted by Crippen LogP contribution is 2.06. The highest BCUT2D eigenvalue weighted by Gasteiger charge is 2.25. The van der Waals surface area contributed by atoms with E-state index >= 15 is 0 Å². The van der Waals surface area contributed by atoms with Crippen molar-refractivity contribution in [1.29, 1.82) is 0 Å². The molecule has 0 aliphatic rings. The second-order valence-electron chi connectivity index (χ2n) is 4.93. The highest BCUT2D eigenvalue weighted by atomic mass is 16.4. The number of rotatable bonds is 10. The molecular formula is C12H27N5O3. The van der Waals surface area contributed by atoms with Crippen molar-refractivity contribution in [2.45, 2.75) is 51.5 Å². The first kappa shape index (κ1) is 18.8. The van der Waals surface area contributed by atoms with E-state index < -0.39 is 30.2 Å². The summed E-state index contributed by atoms with van der Waals surface area (Å²) in [5.74, 6) is -1.51. The third-order valence-electron chi connectivity index (χ3n) is 3.22. The van der Waals surface area contributed by atoms with Gasteiger partial charge in [-0.25, -0.2) is 4.79 Å². The molecule has 0 fully saturated rings. The lowest BCUT2D eigenvalue weighted by molar-refractivity contribution is -0.142. The molecule has 0 saturated heterocycles. The van der Waals surface area contributed by atoms with Crippen molar-refractivity contribution < 1.29 is 14.7 Å². The van der Waals surface area contributed by atoms with Crippen molar-refractivity contribution in [2.24, 2.45) is 23.1 Å². The zero-order valence-corrected chi connectivity index (χ0v) is 12.1. The summed E-state index contributed by atoms with van der Waals surface area (Å²) in [6.07, 6.45) is 0.936. The number of hydrogen-bond donors (Lipinski definition) is 6. The first-order valence-corrected chi connectivity index (χ1v) is 6.82. The maximum atomic E-state index is 11.8. The molecule has 0 rings (SSSR count). The number of carbonyl (C=O) groups excluding carboxylic acids is 1. The van der Waals surface area contributed by atoms with E-state index in [1.54, 1.807) is 0 Å². The molecule has 0 aromatic heterocycles. The first-order valence-electron chi connectivity index (χ1n) is 6.82. The van der Waals surface area contributed by atoms with Gasteiger partial charge in [-0.05, 0) is 25.3 Å². The summed E-state index contributed by atoms with van der Waals surface area (Å²) in [5, 5.41) is 14.3. The maximum Gasteiger partial charge on any atom is 0.326 e. The Bertz CT molecular complexity index is 311. The second-order valence-corrected chi connectivity index (χ2v) is 4.93. The zero-order chi connectivity index (χ0) is 15.7. The summed E-state index contributed by atoms with van der Waals surface area (Å²) in [5.41, 5.74) is 16.4. The van der Waals surface area contributed by atoms with Crippen LogP contribution in [0.1, 0.15) is 33.1 Å². The monoisotopic (exact) mass is 289 g/mol. The average Bonchev–Trinajstić information content (AvgIpc) is 2.39. The van der Waals surface area contributed by atoms with Gasteiger partial charge in [-0.15, -0.1) is 0 Å². The Balaban J connectivity index is 4.26. The van der Waals surface area contributed by atoms with Crippen LogP contribution < -0.4 is 27.8 Å². The minimum absolute atomic E-state index is 0.00125. The van der Waals surface area contributed by atoms with E-state index in [1.807, 2.05) is 13.8 Å². The molecule has 0 heterocycles. The van der Waals surface area contributed by atoms with Crippen LogP contribution in [0.4, 0.5) is 0 Å².